The zero-order valence-electron chi connectivity index (χ0n) is 11.5. The van der Waals surface area contributed by atoms with E-state index >= 15 is 0 Å². The Morgan fingerprint density at radius 2 is 2.00 bits per heavy atom. The van der Waals surface area contributed by atoms with Gasteiger partial charge in [-0.3, -0.25) is 0 Å². The first kappa shape index (κ1) is 13.2. The Morgan fingerprint density at radius 3 is 2.85 bits per heavy atom. The first-order chi connectivity index (χ1) is 9.84. The van der Waals surface area contributed by atoms with Crippen LogP contribution in [-0.4, -0.2) is 29.6 Å². The van der Waals surface area contributed by atoms with E-state index in [0.717, 1.165) is 12.2 Å². The first-order valence-electron chi connectivity index (χ1n) is 7.21. The highest BCUT2D eigenvalue weighted by Crippen LogP contribution is 2.25. The molecular weight excluding hydrogens is 256 g/mol. The van der Waals surface area contributed by atoms with Crippen LogP contribution in [0.25, 0.3) is 11.0 Å². The van der Waals surface area contributed by atoms with Gasteiger partial charge in [-0.2, -0.15) is 0 Å². The van der Waals surface area contributed by atoms with Crippen molar-refractivity contribution in [2.75, 3.05) is 24.2 Å². The lowest BCUT2D eigenvalue weighted by Crippen LogP contribution is -2.20. The van der Waals surface area contributed by atoms with Gasteiger partial charge in [-0.25, -0.2) is 4.63 Å². The monoisotopic (exact) mass is 276 g/mol. The fourth-order valence-corrected chi connectivity index (χ4v) is 2.67. The summed E-state index contributed by atoms with van der Waals surface area (Å²) in [6.45, 7) is 1.43. The summed E-state index contributed by atoms with van der Waals surface area (Å²) in [4.78, 5) is 0. The molecule has 0 spiro atoms. The van der Waals surface area contributed by atoms with Gasteiger partial charge in [-0.15, -0.1) is 0 Å². The Balaban J connectivity index is 1.52. The molecule has 1 aliphatic rings. The van der Waals surface area contributed by atoms with Gasteiger partial charge in [0.15, 0.2) is 11.0 Å². The highest BCUT2D eigenvalue weighted by molar-refractivity contribution is 5.94. The van der Waals surface area contributed by atoms with Gasteiger partial charge in [0.05, 0.1) is 24.1 Å². The number of ether oxygens (including phenoxy) is 1. The average molecular weight is 276 g/mol. The summed E-state index contributed by atoms with van der Waals surface area (Å²) in [6, 6.07) is 3.69. The molecule has 0 bridgehead atoms. The second kappa shape index (κ2) is 6.09. The number of benzene rings is 1. The molecule has 6 nitrogen and oxygen atoms in total. The number of aromatic nitrogens is 2. The standard InChI is InChI=1S/C14H20N4O2/c15-11-6-7-12(14-13(11)17-20-18-14)16-8-9-19-10-4-2-1-3-5-10/h6-7,10,16H,1-5,8-9,15H2. The molecular formula is C14H20N4O2. The minimum atomic E-state index is 0.436. The molecule has 1 aromatic carbocycles. The summed E-state index contributed by atoms with van der Waals surface area (Å²) in [5.41, 5.74) is 8.53. The molecule has 0 saturated heterocycles. The molecule has 3 rings (SSSR count). The largest absolute Gasteiger partial charge is 0.397 e. The van der Waals surface area contributed by atoms with E-state index < -0.39 is 0 Å². The smallest absolute Gasteiger partial charge is 0.160 e. The van der Waals surface area contributed by atoms with E-state index in [2.05, 4.69) is 15.6 Å². The Morgan fingerprint density at radius 1 is 1.20 bits per heavy atom. The highest BCUT2D eigenvalue weighted by Gasteiger charge is 2.13. The molecule has 1 aliphatic carbocycles. The predicted octanol–water partition coefficient (Wildman–Crippen LogP) is 2.57. The fraction of sp³-hybridized carbons (Fsp3) is 0.571. The maximum Gasteiger partial charge on any atom is 0.160 e. The lowest BCUT2D eigenvalue weighted by atomic mass is 9.98. The van der Waals surface area contributed by atoms with Gasteiger partial charge in [-0.05, 0) is 35.3 Å². The third kappa shape index (κ3) is 2.85. The van der Waals surface area contributed by atoms with Crippen LogP contribution in [0.15, 0.2) is 16.8 Å². The van der Waals surface area contributed by atoms with E-state index in [4.69, 9.17) is 15.1 Å². The van der Waals surface area contributed by atoms with Crippen molar-refractivity contribution in [1.29, 1.82) is 0 Å². The maximum absolute atomic E-state index is 5.88. The predicted molar refractivity (Wildman–Crippen MR) is 77.5 cm³/mol. The molecule has 1 saturated carbocycles. The number of hydrogen-bond donors (Lipinski definition) is 2. The Bertz CT molecular complexity index is 563. The number of anilines is 2. The van der Waals surface area contributed by atoms with Crippen molar-refractivity contribution < 1.29 is 9.37 Å². The van der Waals surface area contributed by atoms with Crippen LogP contribution in [0.1, 0.15) is 32.1 Å². The van der Waals surface area contributed by atoms with Crippen molar-refractivity contribution in [3.05, 3.63) is 12.1 Å². The molecule has 108 valence electrons. The Kier molecular flexibility index (Phi) is 4.01. The molecule has 0 atom stereocenters. The van der Waals surface area contributed by atoms with Gasteiger partial charge in [0.1, 0.15) is 0 Å². The summed E-state index contributed by atoms with van der Waals surface area (Å²) < 4.78 is 10.6. The quantitative estimate of drug-likeness (QED) is 0.644. The number of hydrogen-bond acceptors (Lipinski definition) is 6. The summed E-state index contributed by atoms with van der Waals surface area (Å²) in [5, 5.41) is 11.0. The second-order valence-corrected chi connectivity index (χ2v) is 5.22. The van der Waals surface area contributed by atoms with Crippen LogP contribution in [0.3, 0.4) is 0 Å². The topological polar surface area (TPSA) is 86.2 Å². The van der Waals surface area contributed by atoms with E-state index in [1.165, 1.54) is 32.1 Å². The summed E-state index contributed by atoms with van der Waals surface area (Å²) in [6.07, 6.45) is 6.76. The summed E-state index contributed by atoms with van der Waals surface area (Å²) in [5.74, 6) is 0. The van der Waals surface area contributed by atoms with Crippen LogP contribution in [0.2, 0.25) is 0 Å². The van der Waals surface area contributed by atoms with Gasteiger partial charge >= 0.3 is 0 Å². The van der Waals surface area contributed by atoms with Crippen molar-refractivity contribution in [2.45, 2.75) is 38.2 Å². The van der Waals surface area contributed by atoms with Gasteiger partial charge in [0.2, 0.25) is 0 Å². The molecule has 6 heteroatoms. The maximum atomic E-state index is 5.88. The van der Waals surface area contributed by atoms with Crippen molar-refractivity contribution >= 4 is 22.4 Å². The Hall–Kier alpha value is -1.82. The van der Waals surface area contributed by atoms with Gasteiger partial charge in [0.25, 0.3) is 0 Å². The molecule has 0 aliphatic heterocycles. The molecule has 1 heterocycles. The lowest BCUT2D eigenvalue weighted by molar-refractivity contribution is 0.0347. The van der Waals surface area contributed by atoms with Crippen molar-refractivity contribution in [3.8, 4) is 0 Å². The molecule has 1 aromatic heterocycles. The minimum absolute atomic E-state index is 0.436. The molecule has 2 aromatic rings. The average Bonchev–Trinajstić information content (AvgIpc) is 2.97. The minimum Gasteiger partial charge on any atom is -0.397 e. The van der Waals surface area contributed by atoms with Crippen molar-refractivity contribution in [2.24, 2.45) is 0 Å². The number of nitrogen functional groups attached to an aromatic ring is 1. The van der Waals surface area contributed by atoms with Crippen LogP contribution in [0, 0.1) is 0 Å². The molecule has 0 amide bonds. The highest BCUT2D eigenvalue weighted by atomic mass is 16.6. The van der Waals surface area contributed by atoms with Crippen molar-refractivity contribution in [1.82, 2.24) is 10.3 Å². The van der Waals surface area contributed by atoms with Crippen molar-refractivity contribution in [3.63, 3.8) is 0 Å². The van der Waals surface area contributed by atoms with Gasteiger partial charge in [0, 0.05) is 6.54 Å². The van der Waals surface area contributed by atoms with Gasteiger partial charge < -0.3 is 15.8 Å². The van der Waals surface area contributed by atoms with E-state index in [0.29, 0.717) is 29.4 Å². The van der Waals surface area contributed by atoms with E-state index in [-0.39, 0.29) is 0 Å². The number of fused-ring (bicyclic) bond motifs is 1. The van der Waals surface area contributed by atoms with Crippen LogP contribution < -0.4 is 11.1 Å². The molecule has 0 unspecified atom stereocenters. The third-order valence-electron chi connectivity index (χ3n) is 3.77. The molecule has 1 fully saturated rings. The lowest BCUT2D eigenvalue weighted by Gasteiger charge is -2.22. The van der Waals surface area contributed by atoms with Gasteiger partial charge in [-0.1, -0.05) is 19.3 Å². The number of nitrogens with two attached hydrogens (primary N) is 1. The van der Waals surface area contributed by atoms with E-state index in [1.54, 1.807) is 6.07 Å². The first-order valence-corrected chi connectivity index (χ1v) is 7.21. The summed E-state index contributed by atoms with van der Waals surface area (Å²) in [7, 11) is 0. The fourth-order valence-electron chi connectivity index (χ4n) is 2.67. The van der Waals surface area contributed by atoms with Crippen LogP contribution >= 0.6 is 0 Å². The van der Waals surface area contributed by atoms with E-state index in [1.807, 2.05) is 6.07 Å². The van der Waals surface area contributed by atoms with Crippen LogP contribution in [0.5, 0.6) is 0 Å². The van der Waals surface area contributed by atoms with Crippen LogP contribution in [0.4, 0.5) is 11.4 Å². The normalized spacial score (nSPS) is 16.6. The zero-order valence-corrected chi connectivity index (χ0v) is 11.5. The SMILES string of the molecule is Nc1ccc(NCCOC2CCCCC2)c2nonc12. The second-order valence-electron chi connectivity index (χ2n) is 5.22. The summed E-state index contributed by atoms with van der Waals surface area (Å²) >= 11 is 0. The number of nitrogens with zero attached hydrogens (tertiary/aromatic N) is 2. The molecule has 3 N–H and O–H groups in total. The third-order valence-corrected chi connectivity index (χ3v) is 3.77. The number of nitrogens with one attached hydrogen (secondary N) is 1. The number of rotatable bonds is 5. The van der Waals surface area contributed by atoms with E-state index in [9.17, 15) is 0 Å². The molecule has 0 radical (unpaired) electrons. The zero-order chi connectivity index (χ0) is 13.8. The van der Waals surface area contributed by atoms with Crippen LogP contribution in [-0.2, 0) is 4.74 Å². The Labute approximate surface area is 117 Å². The molecule has 20 heavy (non-hydrogen) atoms.